The van der Waals surface area contributed by atoms with Crippen molar-refractivity contribution < 1.29 is 30.0 Å². The van der Waals surface area contributed by atoms with Gasteiger partial charge in [0.05, 0.1) is 0 Å². The lowest BCUT2D eigenvalue weighted by molar-refractivity contribution is -0.138. The lowest BCUT2D eigenvalue weighted by atomic mass is 9.76. The van der Waals surface area contributed by atoms with E-state index in [-0.39, 0.29) is 41.1 Å². The van der Waals surface area contributed by atoms with Crippen LogP contribution in [0.2, 0.25) is 0 Å². The maximum absolute atomic E-state index is 11.5. The molecule has 4 N–H and O–H groups in total. The van der Waals surface area contributed by atoms with Crippen LogP contribution in [-0.2, 0) is 33.3 Å². The number of hydrogen-bond acceptors (Lipinski definition) is 4. The minimum Gasteiger partial charge on any atom is -0.507 e. The van der Waals surface area contributed by atoms with Crippen LogP contribution in [0.5, 0.6) is 11.5 Å². The van der Waals surface area contributed by atoms with Gasteiger partial charge in [-0.25, -0.2) is 0 Å². The molecule has 0 spiro atoms. The fourth-order valence-corrected chi connectivity index (χ4v) is 4.67. The molecule has 0 heterocycles. The molecule has 0 saturated heterocycles. The van der Waals surface area contributed by atoms with E-state index < -0.39 is 11.9 Å². The van der Waals surface area contributed by atoms with Crippen molar-refractivity contribution in [2.24, 2.45) is 0 Å². The summed E-state index contributed by atoms with van der Waals surface area (Å²) in [4.78, 5) is 22.5. The Hall–Kier alpha value is -3.02. The minimum atomic E-state index is -0.884. The summed E-state index contributed by atoms with van der Waals surface area (Å²) in [5, 5.41) is 41.4. The van der Waals surface area contributed by atoms with Crippen LogP contribution in [0, 0.1) is 0 Å². The number of aliphatic carboxylic acids is 2. The molecule has 0 amide bonds. The first-order valence-electron chi connectivity index (χ1n) is 12.7. The monoisotopic (exact) mass is 498 g/mol. The summed E-state index contributed by atoms with van der Waals surface area (Å²) in [7, 11) is 0. The summed E-state index contributed by atoms with van der Waals surface area (Å²) in [5.74, 6) is -1.79. The van der Waals surface area contributed by atoms with E-state index in [1.807, 2.05) is 72.7 Å². The molecule has 0 unspecified atom stereocenters. The van der Waals surface area contributed by atoms with Gasteiger partial charge in [-0.1, -0.05) is 79.2 Å². The van der Waals surface area contributed by atoms with Crippen molar-refractivity contribution in [3.8, 4) is 11.5 Å². The molecular formula is C30H42O6. The molecule has 0 aliphatic rings. The largest absolute Gasteiger partial charge is 0.507 e. The summed E-state index contributed by atoms with van der Waals surface area (Å²) in [6, 6.07) is 7.50. The number of carbonyl (C=O) groups is 2. The van der Waals surface area contributed by atoms with E-state index in [0.717, 1.165) is 28.7 Å². The first-order valence-corrected chi connectivity index (χ1v) is 12.7. The van der Waals surface area contributed by atoms with Gasteiger partial charge in [0.15, 0.2) is 0 Å². The summed E-state index contributed by atoms with van der Waals surface area (Å²) in [5.41, 5.74) is 3.69. The number of aryl methyl sites for hydroxylation is 2. The van der Waals surface area contributed by atoms with Gasteiger partial charge in [0.25, 0.3) is 0 Å². The number of phenolic OH excluding ortho intramolecular Hbond substituents is 2. The summed E-state index contributed by atoms with van der Waals surface area (Å²) < 4.78 is 0. The molecule has 0 aliphatic heterocycles. The molecule has 6 heteroatoms. The second kappa shape index (κ2) is 11.4. The van der Waals surface area contributed by atoms with Crippen LogP contribution in [0.25, 0.3) is 0 Å². The van der Waals surface area contributed by atoms with E-state index in [9.17, 15) is 30.0 Å². The Morgan fingerprint density at radius 3 is 1.36 bits per heavy atom. The highest BCUT2D eigenvalue weighted by molar-refractivity contribution is 5.68. The van der Waals surface area contributed by atoms with Crippen molar-refractivity contribution in [2.45, 2.75) is 104 Å². The van der Waals surface area contributed by atoms with Gasteiger partial charge in [0.2, 0.25) is 0 Å². The average Bonchev–Trinajstić information content (AvgIpc) is 2.74. The van der Waals surface area contributed by atoms with Gasteiger partial charge in [-0.2, -0.15) is 0 Å². The number of benzene rings is 2. The van der Waals surface area contributed by atoms with Crippen LogP contribution >= 0.6 is 0 Å². The van der Waals surface area contributed by atoms with E-state index in [2.05, 4.69) is 0 Å². The molecule has 0 atom stereocenters. The molecular weight excluding hydrogens is 456 g/mol. The zero-order chi connectivity index (χ0) is 27.4. The second-order valence-corrected chi connectivity index (χ2v) is 11.8. The lowest BCUT2D eigenvalue weighted by Gasteiger charge is -2.29. The summed E-state index contributed by atoms with van der Waals surface area (Å²) in [6.07, 6.45) is 2.08. The molecule has 6 nitrogen and oxygen atoms in total. The van der Waals surface area contributed by atoms with Crippen LogP contribution in [-0.4, -0.2) is 32.4 Å². The van der Waals surface area contributed by atoms with Gasteiger partial charge in [0, 0.05) is 29.9 Å². The van der Waals surface area contributed by atoms with E-state index in [1.54, 1.807) is 0 Å². The van der Waals surface area contributed by atoms with Crippen LogP contribution < -0.4 is 0 Å². The Morgan fingerprint density at radius 2 is 1.08 bits per heavy atom. The minimum absolute atomic E-state index is 0.0175. The number of carboxylic acid groups (broad SMARTS) is 2. The van der Waals surface area contributed by atoms with Gasteiger partial charge < -0.3 is 20.4 Å². The highest BCUT2D eigenvalue weighted by Gasteiger charge is 2.30. The number of carboxylic acids is 2. The maximum atomic E-state index is 11.5. The zero-order valence-corrected chi connectivity index (χ0v) is 22.7. The molecule has 0 saturated carbocycles. The average molecular weight is 499 g/mol. The maximum Gasteiger partial charge on any atom is 0.303 e. The molecule has 198 valence electrons. The summed E-state index contributed by atoms with van der Waals surface area (Å²) >= 11 is 0. The Balaban J connectivity index is 2.83. The second-order valence-electron chi connectivity index (χ2n) is 11.8. The third-order valence-corrected chi connectivity index (χ3v) is 6.60. The van der Waals surface area contributed by atoms with Crippen LogP contribution in [0.15, 0.2) is 24.3 Å². The number of rotatable bonds is 10. The van der Waals surface area contributed by atoms with Crippen molar-refractivity contribution in [3.63, 3.8) is 0 Å². The Labute approximate surface area is 215 Å². The molecule has 36 heavy (non-hydrogen) atoms. The first-order chi connectivity index (χ1) is 16.6. The molecule has 2 rings (SSSR count). The van der Waals surface area contributed by atoms with Gasteiger partial charge in [-0.05, 0) is 52.3 Å². The normalized spacial score (nSPS) is 12.2. The first kappa shape index (κ1) is 29.2. The highest BCUT2D eigenvalue weighted by Crippen LogP contribution is 2.46. The molecule has 0 aliphatic carbocycles. The van der Waals surface area contributed by atoms with E-state index in [4.69, 9.17) is 0 Å². The SMILES string of the molecule is CCCC(c1cc(CCC(=O)O)cc(C(C)(C)C)c1O)c1cc(CCC(=O)O)cc(C(C)(C)C)c1O. The van der Waals surface area contributed by atoms with Gasteiger partial charge >= 0.3 is 11.9 Å². The quantitative estimate of drug-likeness (QED) is 0.291. The molecule has 0 fully saturated rings. The van der Waals surface area contributed by atoms with Crippen LogP contribution in [0.3, 0.4) is 0 Å². The Morgan fingerprint density at radius 1 is 0.722 bits per heavy atom. The lowest BCUT2D eigenvalue weighted by Crippen LogP contribution is -2.16. The topological polar surface area (TPSA) is 115 Å². The predicted molar refractivity (Wildman–Crippen MR) is 142 cm³/mol. The molecule has 0 radical (unpaired) electrons. The highest BCUT2D eigenvalue weighted by atomic mass is 16.4. The number of aromatic hydroxyl groups is 2. The Bertz CT molecular complexity index is 1020. The molecule has 0 bridgehead atoms. The molecule has 2 aromatic carbocycles. The van der Waals surface area contributed by atoms with Gasteiger partial charge in [-0.3, -0.25) is 9.59 Å². The van der Waals surface area contributed by atoms with E-state index in [1.165, 1.54) is 0 Å². The smallest absolute Gasteiger partial charge is 0.303 e. The number of phenols is 2. The van der Waals surface area contributed by atoms with Crippen molar-refractivity contribution >= 4 is 11.9 Å². The van der Waals surface area contributed by atoms with Crippen molar-refractivity contribution in [3.05, 3.63) is 57.6 Å². The predicted octanol–water partition coefficient (Wildman–Crippen LogP) is 6.66. The summed E-state index contributed by atoms with van der Waals surface area (Å²) in [6.45, 7) is 14.1. The molecule has 0 aromatic heterocycles. The zero-order valence-electron chi connectivity index (χ0n) is 22.7. The van der Waals surface area contributed by atoms with E-state index in [0.29, 0.717) is 30.4 Å². The Kier molecular flexibility index (Phi) is 9.22. The van der Waals surface area contributed by atoms with Crippen molar-refractivity contribution in [1.82, 2.24) is 0 Å². The number of hydrogen-bond donors (Lipinski definition) is 4. The van der Waals surface area contributed by atoms with Crippen molar-refractivity contribution in [2.75, 3.05) is 0 Å². The third-order valence-electron chi connectivity index (χ3n) is 6.60. The fraction of sp³-hybridized carbons (Fsp3) is 0.533. The molecule has 2 aromatic rings. The fourth-order valence-electron chi connectivity index (χ4n) is 4.67. The third kappa shape index (κ3) is 7.25. The van der Waals surface area contributed by atoms with Gasteiger partial charge in [0.1, 0.15) is 11.5 Å². The van der Waals surface area contributed by atoms with Crippen LogP contribution in [0.4, 0.5) is 0 Å². The van der Waals surface area contributed by atoms with Crippen LogP contribution in [0.1, 0.15) is 113 Å². The van der Waals surface area contributed by atoms with E-state index >= 15 is 0 Å². The standard InChI is InChI=1S/C30H42O6/c1-8-9-20(21-14-18(10-12-25(31)32)16-23(27(21)35)29(2,3)4)22-15-19(11-13-26(33)34)17-24(28(22)36)30(5,6)7/h14-17,20,35-36H,8-13H2,1-7H3,(H,31,32)(H,33,34). The van der Waals surface area contributed by atoms with Gasteiger partial charge in [-0.15, -0.1) is 0 Å². The van der Waals surface area contributed by atoms with Crippen molar-refractivity contribution in [1.29, 1.82) is 0 Å².